The molecule has 5 N–H and O–H groups in total. The monoisotopic (exact) mass is 204 g/mol. The van der Waals surface area contributed by atoms with Crippen molar-refractivity contribution >= 4 is 7.82 Å². The van der Waals surface area contributed by atoms with Crippen molar-refractivity contribution in [3.63, 3.8) is 0 Å². The van der Waals surface area contributed by atoms with E-state index in [0.29, 0.717) is 0 Å². The summed E-state index contributed by atoms with van der Waals surface area (Å²) >= 11 is 0. The molecule has 0 aromatic rings. The average molecular weight is 204 g/mol. The molecule has 46 valence electrons. The third-order valence-corrected chi connectivity index (χ3v) is 0. The van der Waals surface area contributed by atoms with E-state index in [1.54, 1.807) is 0 Å². The molecular formula is H8KNa2O5P. The molecular weight excluding hydrogens is 196 g/mol. The van der Waals surface area contributed by atoms with E-state index in [4.69, 9.17) is 19.2 Å². The van der Waals surface area contributed by atoms with E-state index in [2.05, 4.69) is 0 Å². The minimum atomic E-state index is -4.64. The number of hydrogen-bond donors (Lipinski definition) is 3. The summed E-state index contributed by atoms with van der Waals surface area (Å²) in [5, 5.41) is 0. The molecule has 0 heterocycles. The standard InChI is InChI=1S/K.2Na.H3O4P.H2O.3H/c;;;1-5(2,3)4;;;;/h;;;(H3,1,2,3,4);1H2;;;/q3*+1;;;3*-1. The third-order valence-electron chi connectivity index (χ3n) is 0. The first kappa shape index (κ1) is 29.3. The number of rotatable bonds is 0. The summed E-state index contributed by atoms with van der Waals surface area (Å²) in [5.41, 5.74) is 0. The molecule has 0 bridgehead atoms. The summed E-state index contributed by atoms with van der Waals surface area (Å²) < 4.78 is 8.88. The Balaban J connectivity index is -0.00000000381. The van der Waals surface area contributed by atoms with Crippen molar-refractivity contribution in [2.45, 2.75) is 0 Å². The van der Waals surface area contributed by atoms with Gasteiger partial charge in [-0.3, -0.25) is 0 Å². The van der Waals surface area contributed by atoms with Crippen LogP contribution in [0.5, 0.6) is 0 Å². The number of hydrogen-bond acceptors (Lipinski definition) is 1. The maximum atomic E-state index is 8.88. The van der Waals surface area contributed by atoms with E-state index in [-0.39, 0.29) is 120 Å². The molecule has 0 radical (unpaired) electrons. The Kier molecular flexibility index (Phi) is 46.4. The normalized spacial score (nSPS) is 6.56. The molecule has 0 rings (SSSR count). The Morgan fingerprint density at radius 3 is 1.11 bits per heavy atom. The second kappa shape index (κ2) is 14.2. The summed E-state index contributed by atoms with van der Waals surface area (Å²) in [4.78, 5) is 21.6. The smallest absolute Gasteiger partial charge is 1.00 e. The minimum absolute atomic E-state index is 0. The van der Waals surface area contributed by atoms with Crippen LogP contribution in [0, 0.1) is 0 Å². The topological polar surface area (TPSA) is 109 Å². The molecule has 0 aromatic carbocycles. The van der Waals surface area contributed by atoms with Crippen molar-refractivity contribution in [3.8, 4) is 0 Å². The van der Waals surface area contributed by atoms with Crippen molar-refractivity contribution in [1.82, 2.24) is 0 Å². The van der Waals surface area contributed by atoms with Crippen molar-refractivity contribution in [2.24, 2.45) is 0 Å². The minimum Gasteiger partial charge on any atom is -1.00 e. The zero-order chi connectivity index (χ0) is 4.50. The summed E-state index contributed by atoms with van der Waals surface area (Å²) in [7, 11) is -4.64. The summed E-state index contributed by atoms with van der Waals surface area (Å²) in [5.74, 6) is 0. The van der Waals surface area contributed by atoms with Crippen LogP contribution in [0.3, 0.4) is 0 Å². The van der Waals surface area contributed by atoms with E-state index in [0.717, 1.165) is 0 Å². The first-order valence-electron chi connectivity index (χ1n) is 0.783. The van der Waals surface area contributed by atoms with E-state index >= 15 is 0 Å². The summed E-state index contributed by atoms with van der Waals surface area (Å²) in [6.07, 6.45) is 0. The molecule has 9 heavy (non-hydrogen) atoms. The fourth-order valence-corrected chi connectivity index (χ4v) is 0. The van der Waals surface area contributed by atoms with Gasteiger partial charge in [0.2, 0.25) is 0 Å². The van der Waals surface area contributed by atoms with Crippen LogP contribution in [0.1, 0.15) is 4.28 Å². The van der Waals surface area contributed by atoms with Crippen molar-refractivity contribution in [1.29, 1.82) is 0 Å². The zero-order valence-electron chi connectivity index (χ0n) is 8.70. The Bertz CT molecular complexity index is 70.8. The molecule has 0 aromatic heterocycles. The van der Waals surface area contributed by atoms with Gasteiger partial charge in [0.05, 0.1) is 0 Å². The molecule has 0 saturated heterocycles. The van der Waals surface area contributed by atoms with Crippen LogP contribution in [-0.2, 0) is 4.57 Å². The van der Waals surface area contributed by atoms with E-state index < -0.39 is 7.82 Å². The molecule has 0 unspecified atom stereocenters. The van der Waals surface area contributed by atoms with Gasteiger partial charge in [-0.15, -0.1) is 0 Å². The summed E-state index contributed by atoms with van der Waals surface area (Å²) in [6.45, 7) is 0. The van der Waals surface area contributed by atoms with Gasteiger partial charge < -0.3 is 24.4 Å². The van der Waals surface area contributed by atoms with Gasteiger partial charge >= 0.3 is 118 Å². The fraction of sp³-hybridized carbons (Fsp3) is 0. The Morgan fingerprint density at radius 1 is 1.11 bits per heavy atom. The third kappa shape index (κ3) is 80.3. The molecule has 0 aliphatic rings. The molecule has 0 aliphatic carbocycles. The SMILES string of the molecule is O.O=P(O)(O)O.[H-].[H-].[H-].[K+].[Na+].[Na+]. The van der Waals surface area contributed by atoms with Crippen molar-refractivity contribution < 1.29 is 140 Å². The fourth-order valence-electron chi connectivity index (χ4n) is 0. The number of phosphoric acid groups is 1. The molecule has 9 heteroatoms. The molecule has 0 atom stereocenters. The van der Waals surface area contributed by atoms with Crippen LogP contribution in [0.2, 0.25) is 0 Å². The molecule has 0 aliphatic heterocycles. The second-order valence-electron chi connectivity index (χ2n) is 0.513. The molecule has 0 amide bonds. The van der Waals surface area contributed by atoms with Gasteiger partial charge in [0.25, 0.3) is 0 Å². The largest absolute Gasteiger partial charge is 1.00 e. The first-order chi connectivity index (χ1) is 2.00. The molecule has 0 saturated carbocycles. The van der Waals surface area contributed by atoms with Gasteiger partial charge in [-0.2, -0.15) is 0 Å². The average Bonchev–Trinajstić information content (AvgIpc) is 0.722. The van der Waals surface area contributed by atoms with Gasteiger partial charge in [-0.1, -0.05) is 0 Å². The van der Waals surface area contributed by atoms with Gasteiger partial charge in [0.15, 0.2) is 0 Å². The Labute approximate surface area is 144 Å². The Morgan fingerprint density at radius 2 is 1.11 bits per heavy atom. The van der Waals surface area contributed by atoms with E-state index in [9.17, 15) is 0 Å². The van der Waals surface area contributed by atoms with E-state index in [1.807, 2.05) is 0 Å². The Hall–Kier alpha value is 3.71. The van der Waals surface area contributed by atoms with Gasteiger partial charge in [-0.05, 0) is 0 Å². The van der Waals surface area contributed by atoms with Gasteiger partial charge in [0, 0.05) is 0 Å². The zero-order valence-corrected chi connectivity index (χ0v) is 13.7. The second-order valence-corrected chi connectivity index (χ2v) is 1.54. The maximum Gasteiger partial charge on any atom is 1.00 e. The van der Waals surface area contributed by atoms with Crippen LogP contribution >= 0.6 is 7.82 Å². The van der Waals surface area contributed by atoms with Crippen LogP contribution < -0.4 is 110 Å². The molecule has 0 fully saturated rings. The van der Waals surface area contributed by atoms with Crippen LogP contribution in [0.15, 0.2) is 0 Å². The van der Waals surface area contributed by atoms with E-state index in [1.165, 1.54) is 0 Å². The molecule has 0 spiro atoms. The van der Waals surface area contributed by atoms with Crippen LogP contribution in [0.25, 0.3) is 0 Å². The van der Waals surface area contributed by atoms with Crippen molar-refractivity contribution in [3.05, 3.63) is 0 Å². The van der Waals surface area contributed by atoms with Crippen LogP contribution in [0.4, 0.5) is 0 Å². The van der Waals surface area contributed by atoms with Crippen molar-refractivity contribution in [2.75, 3.05) is 0 Å². The van der Waals surface area contributed by atoms with Gasteiger partial charge in [0.1, 0.15) is 0 Å². The molecule has 5 nitrogen and oxygen atoms in total. The van der Waals surface area contributed by atoms with Gasteiger partial charge in [-0.25, -0.2) is 4.57 Å². The maximum absolute atomic E-state index is 8.88. The predicted molar refractivity (Wildman–Crippen MR) is 21.2 cm³/mol. The first-order valence-corrected chi connectivity index (χ1v) is 2.35. The van der Waals surface area contributed by atoms with Crippen LogP contribution in [-0.4, -0.2) is 20.2 Å². The summed E-state index contributed by atoms with van der Waals surface area (Å²) in [6, 6.07) is 0. The quantitative estimate of drug-likeness (QED) is 0.269. The predicted octanol–water partition coefficient (Wildman–Crippen LogP) is -10.4.